The monoisotopic (exact) mass is 408 g/mol. The Hall–Kier alpha value is -3.52. The molecule has 154 valence electrons. The highest BCUT2D eigenvalue weighted by molar-refractivity contribution is 5.84. The number of aliphatic hydroxyl groups excluding tert-OH is 2. The maximum Gasteiger partial charge on any atom is 0.251 e. The number of carbonyl (C=O) groups is 1. The minimum atomic E-state index is -1.39. The topological polar surface area (TPSA) is 134 Å². The number of hydrogen-bond donors (Lipinski definition) is 4. The standard InChI is InChI=1S/C20H20N6O4/c1-21-17-13-18(25-12(24-17)9-8-11-6-4-3-5-7-11)26(10-23-13)20-15(28)14(27)16(30-20)19(29)22-2/h3-7,10,14-16,20,27-28H,1-2H3,(H,22,29)(H,21,24,25). The van der Waals surface area contributed by atoms with E-state index in [9.17, 15) is 15.0 Å². The first kappa shape index (κ1) is 19.8. The molecule has 4 unspecified atom stereocenters. The highest BCUT2D eigenvalue weighted by Gasteiger charge is 2.47. The van der Waals surface area contributed by atoms with Crippen molar-refractivity contribution >= 4 is 22.9 Å². The molecular formula is C20H20N6O4. The number of imidazole rings is 1. The van der Waals surface area contributed by atoms with E-state index < -0.39 is 30.4 Å². The fourth-order valence-electron chi connectivity index (χ4n) is 3.23. The lowest BCUT2D eigenvalue weighted by molar-refractivity contribution is -0.137. The van der Waals surface area contributed by atoms with E-state index in [1.54, 1.807) is 7.05 Å². The van der Waals surface area contributed by atoms with Crippen molar-refractivity contribution < 1.29 is 19.7 Å². The molecule has 1 aliphatic heterocycles. The SMILES string of the molecule is CNC(=O)C1OC(n2cnc3c(NC)nc(C#Cc4ccccc4)nc32)C(O)C1O. The number of likely N-dealkylation sites (N-methyl/N-ethyl adjacent to an activating group) is 1. The summed E-state index contributed by atoms with van der Waals surface area (Å²) in [6, 6.07) is 9.42. The molecule has 3 aromatic rings. The molecule has 3 heterocycles. The fraction of sp³-hybridized carbons (Fsp3) is 0.300. The molecule has 1 amide bonds. The van der Waals surface area contributed by atoms with Gasteiger partial charge in [-0.3, -0.25) is 9.36 Å². The number of carbonyl (C=O) groups excluding carboxylic acids is 1. The fourth-order valence-corrected chi connectivity index (χ4v) is 3.23. The largest absolute Gasteiger partial charge is 0.387 e. The molecule has 0 radical (unpaired) electrons. The molecule has 2 aromatic heterocycles. The predicted molar refractivity (Wildman–Crippen MR) is 107 cm³/mol. The second kappa shape index (κ2) is 8.08. The van der Waals surface area contributed by atoms with Crippen LogP contribution in [0.4, 0.5) is 5.82 Å². The first-order valence-corrected chi connectivity index (χ1v) is 9.26. The van der Waals surface area contributed by atoms with Gasteiger partial charge in [0.05, 0.1) is 6.33 Å². The summed E-state index contributed by atoms with van der Waals surface area (Å²) in [4.78, 5) is 25.1. The molecule has 10 nitrogen and oxygen atoms in total. The van der Waals surface area contributed by atoms with E-state index >= 15 is 0 Å². The van der Waals surface area contributed by atoms with Gasteiger partial charge in [-0.25, -0.2) is 15.0 Å². The van der Waals surface area contributed by atoms with Gasteiger partial charge in [0, 0.05) is 19.7 Å². The molecule has 0 saturated carbocycles. The summed E-state index contributed by atoms with van der Waals surface area (Å²) >= 11 is 0. The van der Waals surface area contributed by atoms with Crippen LogP contribution in [0.5, 0.6) is 0 Å². The van der Waals surface area contributed by atoms with Gasteiger partial charge in [-0.1, -0.05) is 24.1 Å². The van der Waals surface area contributed by atoms with Gasteiger partial charge in [-0.05, 0) is 18.1 Å². The zero-order valence-corrected chi connectivity index (χ0v) is 16.3. The molecule has 1 fully saturated rings. The first-order valence-electron chi connectivity index (χ1n) is 9.26. The summed E-state index contributed by atoms with van der Waals surface area (Å²) < 4.78 is 7.09. The number of fused-ring (bicyclic) bond motifs is 1. The van der Waals surface area contributed by atoms with E-state index in [0.29, 0.717) is 17.0 Å². The van der Waals surface area contributed by atoms with Crippen LogP contribution in [0.15, 0.2) is 36.7 Å². The van der Waals surface area contributed by atoms with Crippen molar-refractivity contribution in [2.75, 3.05) is 19.4 Å². The number of amides is 1. The van der Waals surface area contributed by atoms with Crippen LogP contribution in [0, 0.1) is 11.8 Å². The van der Waals surface area contributed by atoms with Crippen LogP contribution in [-0.2, 0) is 9.53 Å². The number of nitrogens with one attached hydrogen (secondary N) is 2. The zero-order chi connectivity index (χ0) is 21.3. The molecule has 1 aliphatic rings. The van der Waals surface area contributed by atoms with Crippen molar-refractivity contribution in [1.29, 1.82) is 0 Å². The van der Waals surface area contributed by atoms with Gasteiger partial charge in [0.2, 0.25) is 5.82 Å². The Labute approximate surface area is 171 Å². The average Bonchev–Trinajstić information content (AvgIpc) is 3.33. The van der Waals surface area contributed by atoms with E-state index in [2.05, 4.69) is 37.4 Å². The Kier molecular flexibility index (Phi) is 5.33. The van der Waals surface area contributed by atoms with Gasteiger partial charge in [0.15, 0.2) is 29.3 Å². The van der Waals surface area contributed by atoms with E-state index in [0.717, 1.165) is 5.56 Å². The number of ether oxygens (including phenoxy) is 1. The third-order valence-electron chi connectivity index (χ3n) is 4.77. The highest BCUT2D eigenvalue weighted by Crippen LogP contribution is 2.32. The third kappa shape index (κ3) is 3.46. The minimum Gasteiger partial charge on any atom is -0.387 e. The van der Waals surface area contributed by atoms with Gasteiger partial charge < -0.3 is 25.6 Å². The van der Waals surface area contributed by atoms with Crippen molar-refractivity contribution in [2.45, 2.75) is 24.5 Å². The zero-order valence-electron chi connectivity index (χ0n) is 16.3. The lowest BCUT2D eigenvalue weighted by Crippen LogP contribution is -2.41. The number of nitrogens with zero attached hydrogens (tertiary/aromatic N) is 4. The Morgan fingerprint density at radius 3 is 2.60 bits per heavy atom. The Morgan fingerprint density at radius 1 is 1.13 bits per heavy atom. The van der Waals surface area contributed by atoms with Gasteiger partial charge in [0.1, 0.15) is 12.2 Å². The highest BCUT2D eigenvalue weighted by atomic mass is 16.6. The summed E-state index contributed by atoms with van der Waals surface area (Å²) in [7, 11) is 3.12. The van der Waals surface area contributed by atoms with Crippen molar-refractivity contribution in [3.05, 3.63) is 48.0 Å². The Bertz CT molecular complexity index is 1140. The van der Waals surface area contributed by atoms with Crippen molar-refractivity contribution in [1.82, 2.24) is 24.8 Å². The molecule has 0 bridgehead atoms. The minimum absolute atomic E-state index is 0.244. The second-order valence-corrected chi connectivity index (χ2v) is 6.63. The van der Waals surface area contributed by atoms with E-state index in [4.69, 9.17) is 4.74 Å². The van der Waals surface area contributed by atoms with E-state index in [1.165, 1.54) is 17.9 Å². The molecule has 4 N–H and O–H groups in total. The molecule has 30 heavy (non-hydrogen) atoms. The molecule has 10 heteroatoms. The molecule has 0 aliphatic carbocycles. The van der Waals surface area contributed by atoms with Crippen LogP contribution >= 0.6 is 0 Å². The van der Waals surface area contributed by atoms with Crippen LogP contribution in [-0.4, -0.2) is 68.0 Å². The lowest BCUT2D eigenvalue weighted by atomic mass is 10.1. The molecule has 1 aromatic carbocycles. The number of anilines is 1. The predicted octanol–water partition coefficient (Wildman–Crippen LogP) is -0.367. The van der Waals surface area contributed by atoms with Crippen LogP contribution in [0.3, 0.4) is 0 Å². The van der Waals surface area contributed by atoms with Crippen molar-refractivity contribution in [3.8, 4) is 11.8 Å². The van der Waals surface area contributed by atoms with Crippen LogP contribution in [0.25, 0.3) is 11.2 Å². The number of hydrogen-bond acceptors (Lipinski definition) is 8. The van der Waals surface area contributed by atoms with Gasteiger partial charge in [-0.15, -0.1) is 0 Å². The maximum absolute atomic E-state index is 11.9. The summed E-state index contributed by atoms with van der Waals surface area (Å²) in [6.45, 7) is 0. The van der Waals surface area contributed by atoms with Gasteiger partial charge in [-0.2, -0.15) is 0 Å². The van der Waals surface area contributed by atoms with Gasteiger partial charge in [0.25, 0.3) is 5.91 Å². The van der Waals surface area contributed by atoms with Crippen molar-refractivity contribution in [3.63, 3.8) is 0 Å². The van der Waals surface area contributed by atoms with Crippen LogP contribution in [0.1, 0.15) is 17.6 Å². The Morgan fingerprint density at radius 2 is 1.90 bits per heavy atom. The number of aromatic nitrogens is 4. The Balaban J connectivity index is 1.75. The maximum atomic E-state index is 11.9. The summed E-state index contributed by atoms with van der Waals surface area (Å²) in [6.07, 6.45) is -3.59. The average molecular weight is 408 g/mol. The number of aliphatic hydroxyl groups is 2. The number of rotatable bonds is 3. The molecule has 1 saturated heterocycles. The molecule has 4 rings (SSSR count). The van der Waals surface area contributed by atoms with E-state index in [-0.39, 0.29) is 5.82 Å². The molecular weight excluding hydrogens is 388 g/mol. The number of benzene rings is 1. The van der Waals surface area contributed by atoms with Crippen LogP contribution in [0.2, 0.25) is 0 Å². The normalized spacial score (nSPS) is 23.1. The lowest BCUT2D eigenvalue weighted by Gasteiger charge is -2.16. The second-order valence-electron chi connectivity index (χ2n) is 6.63. The summed E-state index contributed by atoms with van der Waals surface area (Å²) in [5.41, 5.74) is 1.60. The van der Waals surface area contributed by atoms with Crippen molar-refractivity contribution in [2.24, 2.45) is 0 Å². The first-order chi connectivity index (χ1) is 14.5. The quantitative estimate of drug-likeness (QED) is 0.432. The third-order valence-corrected chi connectivity index (χ3v) is 4.77. The van der Waals surface area contributed by atoms with E-state index in [1.807, 2.05) is 30.3 Å². The van der Waals surface area contributed by atoms with Gasteiger partial charge >= 0.3 is 0 Å². The smallest absolute Gasteiger partial charge is 0.251 e. The molecule has 4 atom stereocenters. The van der Waals surface area contributed by atoms with Crippen LogP contribution < -0.4 is 10.6 Å². The summed E-state index contributed by atoms with van der Waals surface area (Å²) in [5, 5.41) is 26.1. The summed E-state index contributed by atoms with van der Waals surface area (Å²) in [5.74, 6) is 6.08. The molecule has 0 spiro atoms.